The van der Waals surface area contributed by atoms with Crippen molar-refractivity contribution >= 4 is 5.91 Å². The van der Waals surface area contributed by atoms with E-state index in [9.17, 15) is 4.79 Å². The Morgan fingerprint density at radius 3 is 2.30 bits per heavy atom. The van der Waals surface area contributed by atoms with Gasteiger partial charge in [-0.05, 0) is 51.6 Å². The molecule has 1 aliphatic rings. The van der Waals surface area contributed by atoms with Gasteiger partial charge in [0.25, 0.3) is 0 Å². The molecule has 1 unspecified atom stereocenters. The van der Waals surface area contributed by atoms with Gasteiger partial charge in [-0.3, -0.25) is 4.79 Å². The predicted molar refractivity (Wildman–Crippen MR) is 84.4 cm³/mol. The zero-order valence-electron chi connectivity index (χ0n) is 13.9. The fourth-order valence-corrected chi connectivity index (χ4v) is 3.24. The van der Waals surface area contributed by atoms with E-state index in [4.69, 9.17) is 5.73 Å². The van der Waals surface area contributed by atoms with Crippen LogP contribution in [0.25, 0.3) is 0 Å². The topological polar surface area (TPSA) is 58.4 Å². The van der Waals surface area contributed by atoms with Gasteiger partial charge in [-0.2, -0.15) is 0 Å². The molecule has 1 amide bonds. The van der Waals surface area contributed by atoms with Gasteiger partial charge in [0.2, 0.25) is 5.91 Å². The Morgan fingerprint density at radius 2 is 1.90 bits per heavy atom. The van der Waals surface area contributed by atoms with E-state index in [1.54, 1.807) is 0 Å². The highest BCUT2D eigenvalue weighted by Crippen LogP contribution is 2.38. The zero-order valence-corrected chi connectivity index (χ0v) is 13.9. The van der Waals surface area contributed by atoms with Gasteiger partial charge in [0, 0.05) is 19.1 Å². The Bertz CT molecular complexity index is 299. The quantitative estimate of drug-likeness (QED) is 0.782. The third-order valence-corrected chi connectivity index (χ3v) is 5.01. The molecular weight excluding hydrogens is 250 g/mol. The summed E-state index contributed by atoms with van der Waals surface area (Å²) in [6.45, 7) is 7.83. The van der Waals surface area contributed by atoms with Crippen LogP contribution in [0.1, 0.15) is 46.5 Å². The average Bonchev–Trinajstić information content (AvgIpc) is 2.39. The van der Waals surface area contributed by atoms with Crippen molar-refractivity contribution in [2.45, 2.75) is 52.5 Å². The summed E-state index contributed by atoms with van der Waals surface area (Å²) >= 11 is 0. The molecule has 1 fully saturated rings. The molecule has 4 nitrogen and oxygen atoms in total. The molecule has 0 aromatic rings. The molecule has 0 aromatic heterocycles. The Kier molecular flexibility index (Phi) is 6.46. The fraction of sp³-hybridized carbons (Fsp3) is 0.938. The molecule has 0 saturated heterocycles. The van der Waals surface area contributed by atoms with Crippen molar-refractivity contribution in [1.29, 1.82) is 0 Å². The van der Waals surface area contributed by atoms with Crippen molar-refractivity contribution in [3.63, 3.8) is 0 Å². The number of carbonyl (C=O) groups is 1. The number of nitrogens with one attached hydrogen (secondary N) is 1. The fourth-order valence-electron chi connectivity index (χ4n) is 3.24. The minimum atomic E-state index is -0.319. The summed E-state index contributed by atoms with van der Waals surface area (Å²) < 4.78 is 0. The standard InChI is InChI=1S/C16H33N3O/c1-12(2)14(19(4)5)10-18-15(20)16(11-17)8-6-13(3)7-9-16/h12-14H,6-11,17H2,1-5H3,(H,18,20). The van der Waals surface area contributed by atoms with Gasteiger partial charge in [-0.25, -0.2) is 0 Å². The van der Waals surface area contributed by atoms with Crippen LogP contribution in [0.3, 0.4) is 0 Å². The summed E-state index contributed by atoms with van der Waals surface area (Å²) in [4.78, 5) is 14.8. The van der Waals surface area contributed by atoms with Crippen molar-refractivity contribution in [2.75, 3.05) is 27.2 Å². The third-order valence-electron chi connectivity index (χ3n) is 5.01. The van der Waals surface area contributed by atoms with Gasteiger partial charge in [0.05, 0.1) is 5.41 Å². The maximum atomic E-state index is 12.6. The highest BCUT2D eigenvalue weighted by Gasteiger charge is 2.39. The van der Waals surface area contributed by atoms with Crippen molar-refractivity contribution in [3.8, 4) is 0 Å². The molecule has 0 heterocycles. The number of carbonyl (C=O) groups excluding carboxylic acids is 1. The lowest BCUT2D eigenvalue weighted by atomic mass is 9.70. The van der Waals surface area contributed by atoms with Crippen molar-refractivity contribution < 1.29 is 4.79 Å². The van der Waals surface area contributed by atoms with Crippen LogP contribution in [0.5, 0.6) is 0 Å². The van der Waals surface area contributed by atoms with Gasteiger partial charge in [-0.15, -0.1) is 0 Å². The lowest BCUT2D eigenvalue weighted by molar-refractivity contribution is -0.133. The monoisotopic (exact) mass is 283 g/mol. The molecule has 20 heavy (non-hydrogen) atoms. The highest BCUT2D eigenvalue weighted by atomic mass is 16.2. The van der Waals surface area contributed by atoms with E-state index in [1.165, 1.54) is 0 Å². The molecule has 4 heteroatoms. The van der Waals surface area contributed by atoms with Gasteiger partial charge in [0.1, 0.15) is 0 Å². The molecule has 118 valence electrons. The van der Waals surface area contributed by atoms with Gasteiger partial charge < -0.3 is 16.0 Å². The number of hydrogen-bond donors (Lipinski definition) is 2. The number of rotatable bonds is 6. The SMILES string of the molecule is CC1CCC(CN)(C(=O)NCC(C(C)C)N(C)C)CC1. The number of amides is 1. The van der Waals surface area contributed by atoms with Gasteiger partial charge in [-0.1, -0.05) is 20.8 Å². The first-order valence-electron chi connectivity index (χ1n) is 7.97. The highest BCUT2D eigenvalue weighted by molar-refractivity contribution is 5.83. The van der Waals surface area contributed by atoms with E-state index in [1.807, 2.05) is 0 Å². The summed E-state index contributed by atoms with van der Waals surface area (Å²) in [5.41, 5.74) is 5.62. The maximum absolute atomic E-state index is 12.6. The number of nitrogens with two attached hydrogens (primary N) is 1. The molecule has 0 aromatic carbocycles. The summed E-state index contributed by atoms with van der Waals surface area (Å²) in [6, 6.07) is 0.372. The van der Waals surface area contributed by atoms with E-state index >= 15 is 0 Å². The number of nitrogens with zero attached hydrogens (tertiary/aromatic N) is 1. The van der Waals surface area contributed by atoms with Gasteiger partial charge >= 0.3 is 0 Å². The molecular formula is C16H33N3O. The summed E-state index contributed by atoms with van der Waals surface area (Å²) in [7, 11) is 4.13. The van der Waals surface area contributed by atoms with E-state index in [-0.39, 0.29) is 11.3 Å². The van der Waals surface area contributed by atoms with Crippen LogP contribution in [-0.4, -0.2) is 44.0 Å². The smallest absolute Gasteiger partial charge is 0.227 e. The van der Waals surface area contributed by atoms with E-state index in [0.29, 0.717) is 25.0 Å². The minimum absolute atomic E-state index is 0.166. The second kappa shape index (κ2) is 7.41. The van der Waals surface area contributed by atoms with Crippen molar-refractivity contribution in [1.82, 2.24) is 10.2 Å². The van der Waals surface area contributed by atoms with Crippen LogP contribution in [-0.2, 0) is 4.79 Å². The first-order valence-corrected chi connectivity index (χ1v) is 7.97. The minimum Gasteiger partial charge on any atom is -0.354 e. The first kappa shape index (κ1) is 17.4. The first-order chi connectivity index (χ1) is 9.32. The lowest BCUT2D eigenvalue weighted by Crippen LogP contribution is -2.51. The van der Waals surface area contributed by atoms with Crippen molar-refractivity contribution in [2.24, 2.45) is 23.0 Å². The molecule has 1 aliphatic carbocycles. The number of likely N-dealkylation sites (N-methyl/N-ethyl adjacent to an activating group) is 1. The van der Waals surface area contributed by atoms with Crippen LogP contribution < -0.4 is 11.1 Å². The normalized spacial score (nSPS) is 28.7. The second-order valence-corrected chi connectivity index (χ2v) is 7.15. The second-order valence-electron chi connectivity index (χ2n) is 7.15. The largest absolute Gasteiger partial charge is 0.354 e. The maximum Gasteiger partial charge on any atom is 0.227 e. The van der Waals surface area contributed by atoms with Crippen LogP contribution in [0.15, 0.2) is 0 Å². The van der Waals surface area contributed by atoms with E-state index < -0.39 is 0 Å². The van der Waals surface area contributed by atoms with Crippen LogP contribution in [0, 0.1) is 17.3 Å². The summed E-state index contributed by atoms with van der Waals surface area (Å²) in [6.07, 6.45) is 4.10. The Labute approximate surface area is 124 Å². The molecule has 1 saturated carbocycles. The Balaban J connectivity index is 2.60. The van der Waals surface area contributed by atoms with E-state index in [2.05, 4.69) is 45.1 Å². The lowest BCUT2D eigenvalue weighted by Gasteiger charge is -2.38. The van der Waals surface area contributed by atoms with Crippen LogP contribution in [0.4, 0.5) is 0 Å². The molecule has 0 aliphatic heterocycles. The van der Waals surface area contributed by atoms with E-state index in [0.717, 1.165) is 31.6 Å². The zero-order chi connectivity index (χ0) is 15.3. The van der Waals surface area contributed by atoms with Gasteiger partial charge in [0.15, 0.2) is 0 Å². The molecule has 0 radical (unpaired) electrons. The average molecular weight is 283 g/mol. The van der Waals surface area contributed by atoms with Crippen LogP contribution >= 0.6 is 0 Å². The predicted octanol–water partition coefficient (Wildman–Crippen LogP) is 1.84. The molecule has 3 N–H and O–H groups in total. The summed E-state index contributed by atoms with van der Waals surface area (Å²) in [5, 5.41) is 3.16. The number of hydrogen-bond acceptors (Lipinski definition) is 3. The molecule has 0 spiro atoms. The van der Waals surface area contributed by atoms with Crippen LogP contribution in [0.2, 0.25) is 0 Å². The Morgan fingerprint density at radius 1 is 1.35 bits per heavy atom. The van der Waals surface area contributed by atoms with Crippen molar-refractivity contribution in [3.05, 3.63) is 0 Å². The summed E-state index contributed by atoms with van der Waals surface area (Å²) in [5.74, 6) is 1.41. The Hall–Kier alpha value is -0.610. The molecule has 0 bridgehead atoms. The molecule has 1 rings (SSSR count). The third kappa shape index (κ3) is 4.19. The molecule has 1 atom stereocenters.